The Balaban J connectivity index is 5.86. The van der Waals surface area contributed by atoms with Crippen LogP contribution < -0.4 is 0 Å². The predicted octanol–water partition coefficient (Wildman–Crippen LogP) is 5.30. The van der Waals surface area contributed by atoms with Crippen molar-refractivity contribution in [1.29, 1.82) is 0 Å². The Morgan fingerprint density at radius 2 is 1.10 bits per heavy atom. The summed E-state index contributed by atoms with van der Waals surface area (Å²) in [5.74, 6) is -3.51. The average molecular weight is 338 g/mol. The minimum atomic E-state index is -6.59. The fraction of sp³-hybridized carbons (Fsp3) is 0.800. The van der Waals surface area contributed by atoms with Gasteiger partial charge in [0.25, 0.3) is 0 Å². The van der Waals surface area contributed by atoms with E-state index < -0.39 is 42.2 Å². The molecular formula is C10H9F11. The third-order valence-corrected chi connectivity index (χ3v) is 2.81. The van der Waals surface area contributed by atoms with Gasteiger partial charge in [-0.1, -0.05) is 6.08 Å². The van der Waals surface area contributed by atoms with Crippen LogP contribution >= 0.6 is 0 Å². The van der Waals surface area contributed by atoms with Gasteiger partial charge in [0.05, 0.1) is 0 Å². The van der Waals surface area contributed by atoms with E-state index in [4.69, 9.17) is 0 Å². The van der Waals surface area contributed by atoms with E-state index in [0.717, 1.165) is 0 Å². The SMILES string of the molecule is C=CC(CC(C)(F)C(F)(F)F)C(F)(C(F)(F)F)C(F)(F)F. The smallest absolute Gasteiger partial charge is 0.234 e. The monoisotopic (exact) mass is 338 g/mol. The summed E-state index contributed by atoms with van der Waals surface area (Å²) in [6, 6.07) is 0. The number of allylic oxidation sites excluding steroid dienone is 1. The molecule has 0 nitrogen and oxygen atoms in total. The molecule has 0 N–H and O–H groups in total. The molecule has 0 bridgehead atoms. The molecule has 126 valence electrons. The van der Waals surface area contributed by atoms with Gasteiger partial charge in [-0.2, -0.15) is 39.5 Å². The van der Waals surface area contributed by atoms with E-state index in [1.165, 1.54) is 0 Å². The molecule has 0 radical (unpaired) electrons. The Bertz CT molecular complexity index is 356. The Labute approximate surface area is 111 Å². The molecule has 11 heteroatoms. The number of alkyl halides is 11. The van der Waals surface area contributed by atoms with Crippen LogP contribution in [0, 0.1) is 5.92 Å². The third-order valence-electron chi connectivity index (χ3n) is 2.81. The molecule has 0 spiro atoms. The first kappa shape index (κ1) is 20.0. The fourth-order valence-electron chi connectivity index (χ4n) is 1.50. The van der Waals surface area contributed by atoms with Gasteiger partial charge in [-0.25, -0.2) is 8.78 Å². The molecule has 0 amide bonds. The van der Waals surface area contributed by atoms with Crippen LogP contribution in [0.25, 0.3) is 0 Å². The molecule has 0 saturated heterocycles. The van der Waals surface area contributed by atoms with Crippen molar-refractivity contribution in [3.8, 4) is 0 Å². The van der Waals surface area contributed by atoms with Crippen molar-refractivity contribution in [2.45, 2.75) is 43.2 Å². The summed E-state index contributed by atoms with van der Waals surface area (Å²) in [7, 11) is 0. The van der Waals surface area contributed by atoms with Gasteiger partial charge >= 0.3 is 24.2 Å². The maximum Gasteiger partial charge on any atom is 0.432 e. The van der Waals surface area contributed by atoms with Crippen LogP contribution in [0.3, 0.4) is 0 Å². The van der Waals surface area contributed by atoms with E-state index in [0.29, 0.717) is 0 Å². The minimum Gasteiger partial charge on any atom is -0.234 e. The molecule has 0 aromatic heterocycles. The van der Waals surface area contributed by atoms with Gasteiger partial charge in [0.2, 0.25) is 5.67 Å². The molecule has 0 aromatic rings. The van der Waals surface area contributed by atoms with Crippen molar-refractivity contribution in [2.75, 3.05) is 0 Å². The standard InChI is InChI=1S/C10H9F11/c1-3-5(4-6(2,11)8(13,14)15)7(12,9(16,17)18)10(19,20)21/h3,5H,1,4H2,2H3. The van der Waals surface area contributed by atoms with Gasteiger partial charge in [0.15, 0.2) is 0 Å². The van der Waals surface area contributed by atoms with Crippen molar-refractivity contribution >= 4 is 0 Å². The van der Waals surface area contributed by atoms with Gasteiger partial charge in [-0.15, -0.1) is 6.58 Å². The highest BCUT2D eigenvalue weighted by molar-refractivity contribution is 5.08. The van der Waals surface area contributed by atoms with Crippen molar-refractivity contribution in [3.63, 3.8) is 0 Å². The lowest BCUT2D eigenvalue weighted by molar-refractivity contribution is -0.357. The molecule has 0 rings (SSSR count). The summed E-state index contributed by atoms with van der Waals surface area (Å²) in [6.45, 7) is 2.17. The highest BCUT2D eigenvalue weighted by atomic mass is 19.4. The Hall–Kier alpha value is -1.03. The zero-order chi connectivity index (χ0) is 17.5. The Morgan fingerprint density at radius 1 is 0.762 bits per heavy atom. The Morgan fingerprint density at radius 3 is 1.29 bits per heavy atom. The molecule has 0 saturated carbocycles. The average Bonchev–Trinajstić information content (AvgIpc) is 2.19. The first-order chi connectivity index (χ1) is 8.92. The summed E-state index contributed by atoms with van der Waals surface area (Å²) in [6.07, 6.45) is -21.7. The first-order valence-electron chi connectivity index (χ1n) is 5.12. The molecule has 2 unspecified atom stereocenters. The summed E-state index contributed by atoms with van der Waals surface area (Å²) >= 11 is 0. The molecule has 0 aliphatic heterocycles. The normalized spacial score (nSPS) is 19.0. The number of halogens is 11. The minimum absolute atomic E-state index is 0.281. The van der Waals surface area contributed by atoms with Gasteiger partial charge < -0.3 is 0 Å². The second kappa shape index (κ2) is 5.31. The fourth-order valence-corrected chi connectivity index (χ4v) is 1.50. The molecule has 0 aromatic carbocycles. The lowest BCUT2D eigenvalue weighted by Gasteiger charge is -2.37. The predicted molar refractivity (Wildman–Crippen MR) is 49.8 cm³/mol. The molecule has 0 aliphatic carbocycles. The molecule has 0 aliphatic rings. The van der Waals surface area contributed by atoms with E-state index in [1.54, 1.807) is 0 Å². The quantitative estimate of drug-likeness (QED) is 0.482. The van der Waals surface area contributed by atoms with Crippen molar-refractivity contribution < 1.29 is 48.3 Å². The van der Waals surface area contributed by atoms with Gasteiger partial charge in [-0.3, -0.25) is 0 Å². The lowest BCUT2D eigenvalue weighted by Crippen LogP contribution is -2.59. The van der Waals surface area contributed by atoms with Crippen LogP contribution in [0.1, 0.15) is 13.3 Å². The second-order valence-electron chi connectivity index (χ2n) is 4.45. The van der Waals surface area contributed by atoms with E-state index in [9.17, 15) is 48.3 Å². The van der Waals surface area contributed by atoms with E-state index >= 15 is 0 Å². The van der Waals surface area contributed by atoms with Crippen LogP contribution in [-0.4, -0.2) is 29.9 Å². The van der Waals surface area contributed by atoms with Crippen molar-refractivity contribution in [3.05, 3.63) is 12.7 Å². The van der Waals surface area contributed by atoms with Crippen molar-refractivity contribution in [1.82, 2.24) is 0 Å². The van der Waals surface area contributed by atoms with Gasteiger partial charge in [0, 0.05) is 12.3 Å². The van der Waals surface area contributed by atoms with Crippen LogP contribution in [0.2, 0.25) is 0 Å². The number of rotatable bonds is 4. The topological polar surface area (TPSA) is 0 Å². The highest BCUT2D eigenvalue weighted by Gasteiger charge is 2.76. The molecule has 2 atom stereocenters. The van der Waals surface area contributed by atoms with Crippen LogP contribution in [-0.2, 0) is 0 Å². The first-order valence-corrected chi connectivity index (χ1v) is 5.12. The molecule has 0 heterocycles. The highest BCUT2D eigenvalue weighted by Crippen LogP contribution is 2.54. The van der Waals surface area contributed by atoms with Gasteiger partial charge in [-0.05, 0) is 6.92 Å². The Kier molecular flexibility index (Phi) is 5.05. The van der Waals surface area contributed by atoms with E-state index in [1.807, 2.05) is 0 Å². The third kappa shape index (κ3) is 3.60. The summed E-state index contributed by atoms with van der Waals surface area (Å²) < 4.78 is 138. The lowest BCUT2D eigenvalue weighted by atomic mass is 9.80. The molecule has 21 heavy (non-hydrogen) atoms. The van der Waals surface area contributed by atoms with Crippen molar-refractivity contribution in [2.24, 2.45) is 5.92 Å². The summed E-state index contributed by atoms with van der Waals surface area (Å²) in [4.78, 5) is 0. The van der Waals surface area contributed by atoms with Crippen LogP contribution in [0.15, 0.2) is 12.7 Å². The van der Waals surface area contributed by atoms with Gasteiger partial charge in [0.1, 0.15) is 0 Å². The summed E-state index contributed by atoms with van der Waals surface area (Å²) in [5.41, 5.74) is -10.5. The molecule has 0 fully saturated rings. The zero-order valence-corrected chi connectivity index (χ0v) is 10.2. The number of hydrogen-bond acceptors (Lipinski definition) is 0. The molecular weight excluding hydrogens is 329 g/mol. The zero-order valence-electron chi connectivity index (χ0n) is 10.2. The van der Waals surface area contributed by atoms with E-state index in [2.05, 4.69) is 6.58 Å². The number of hydrogen-bond donors (Lipinski definition) is 0. The maximum absolute atomic E-state index is 13.5. The largest absolute Gasteiger partial charge is 0.432 e. The van der Waals surface area contributed by atoms with E-state index in [-0.39, 0.29) is 13.0 Å². The summed E-state index contributed by atoms with van der Waals surface area (Å²) in [5, 5.41) is 0. The maximum atomic E-state index is 13.5. The van der Waals surface area contributed by atoms with Crippen LogP contribution in [0.4, 0.5) is 48.3 Å². The second-order valence-corrected chi connectivity index (χ2v) is 4.45. The van der Waals surface area contributed by atoms with Crippen LogP contribution in [0.5, 0.6) is 0 Å².